The number of anilines is 1. The minimum Gasteiger partial charge on any atom is -0.344 e. The van der Waals surface area contributed by atoms with Gasteiger partial charge in [0.05, 0.1) is 18.1 Å². The van der Waals surface area contributed by atoms with Gasteiger partial charge >= 0.3 is 0 Å². The summed E-state index contributed by atoms with van der Waals surface area (Å²) in [6.45, 7) is 0.598. The molecule has 0 atom stereocenters. The van der Waals surface area contributed by atoms with Gasteiger partial charge < -0.3 is 4.90 Å². The molecule has 0 fully saturated rings. The lowest BCUT2D eigenvalue weighted by molar-refractivity contribution is 0.598. The van der Waals surface area contributed by atoms with Crippen molar-refractivity contribution in [3.05, 3.63) is 58.8 Å². The summed E-state index contributed by atoms with van der Waals surface area (Å²) in [5.74, 6) is 1.07. The number of hydrogen-bond acceptors (Lipinski definition) is 4. The molecule has 1 aromatic heterocycles. The van der Waals surface area contributed by atoms with Gasteiger partial charge in [-0.1, -0.05) is 39.8 Å². The van der Waals surface area contributed by atoms with Crippen LogP contribution >= 0.6 is 27.7 Å². The van der Waals surface area contributed by atoms with E-state index in [0.717, 1.165) is 21.2 Å². The van der Waals surface area contributed by atoms with Crippen molar-refractivity contribution in [2.45, 2.75) is 11.8 Å². The topological polar surface area (TPSA) is 34.0 Å². The second kappa shape index (κ2) is 5.98. The van der Waals surface area contributed by atoms with Crippen molar-refractivity contribution in [3.63, 3.8) is 0 Å². The maximum Gasteiger partial charge on any atom is 0.194 e. The smallest absolute Gasteiger partial charge is 0.194 e. The highest BCUT2D eigenvalue weighted by atomic mass is 79.9. The fourth-order valence-electron chi connectivity index (χ4n) is 2.52. The molecule has 0 unspecified atom stereocenters. The molecule has 2 heterocycles. The minimum absolute atomic E-state index is 0.284. The summed E-state index contributed by atoms with van der Waals surface area (Å²) in [5, 5.41) is 9.20. The largest absolute Gasteiger partial charge is 0.344 e. The van der Waals surface area contributed by atoms with Gasteiger partial charge in [0, 0.05) is 10.2 Å². The van der Waals surface area contributed by atoms with Crippen LogP contribution in [0.15, 0.2) is 58.2 Å². The molecular formula is C16H12BrFN4S. The fourth-order valence-corrected chi connectivity index (χ4v) is 3.69. The summed E-state index contributed by atoms with van der Waals surface area (Å²) in [6, 6.07) is 14.8. The van der Waals surface area contributed by atoms with Crippen LogP contribution in [0.2, 0.25) is 0 Å². The first kappa shape index (κ1) is 14.7. The van der Waals surface area contributed by atoms with Crippen LogP contribution in [-0.4, -0.2) is 20.6 Å². The van der Waals surface area contributed by atoms with Crippen LogP contribution in [0.25, 0.3) is 11.4 Å². The molecule has 0 amide bonds. The maximum atomic E-state index is 14.1. The van der Waals surface area contributed by atoms with Crippen molar-refractivity contribution in [2.75, 3.05) is 10.8 Å². The lowest BCUT2D eigenvalue weighted by Crippen LogP contribution is -2.30. The molecule has 7 heteroatoms. The Bertz CT molecular complexity index is 850. The molecule has 0 aliphatic carbocycles. The van der Waals surface area contributed by atoms with Crippen LogP contribution < -0.4 is 4.90 Å². The van der Waals surface area contributed by atoms with Gasteiger partial charge in [0.25, 0.3) is 0 Å². The average molecular weight is 391 g/mol. The molecule has 0 saturated carbocycles. The molecule has 0 bridgehead atoms. The number of thioether (sulfide) groups is 1. The quantitative estimate of drug-likeness (QED) is 0.650. The van der Waals surface area contributed by atoms with E-state index in [9.17, 15) is 4.39 Å². The van der Waals surface area contributed by atoms with Crippen LogP contribution in [0.4, 0.5) is 10.1 Å². The normalized spacial score (nSPS) is 13.9. The van der Waals surface area contributed by atoms with Crippen molar-refractivity contribution in [2.24, 2.45) is 0 Å². The molecular weight excluding hydrogens is 379 g/mol. The Hall–Kier alpha value is -1.86. The molecule has 4 nitrogen and oxygen atoms in total. The highest BCUT2D eigenvalue weighted by Gasteiger charge is 2.23. The van der Waals surface area contributed by atoms with Gasteiger partial charge in [0.2, 0.25) is 0 Å². The minimum atomic E-state index is -0.284. The van der Waals surface area contributed by atoms with E-state index in [0.29, 0.717) is 18.1 Å². The highest BCUT2D eigenvalue weighted by Crippen LogP contribution is 2.32. The van der Waals surface area contributed by atoms with Crippen LogP contribution in [0.5, 0.6) is 0 Å². The van der Waals surface area contributed by atoms with E-state index in [1.165, 1.54) is 6.07 Å². The number of rotatable bonds is 2. The van der Waals surface area contributed by atoms with Crippen molar-refractivity contribution in [1.82, 2.24) is 14.8 Å². The third kappa shape index (κ3) is 2.74. The van der Waals surface area contributed by atoms with Gasteiger partial charge in [0.15, 0.2) is 11.0 Å². The summed E-state index contributed by atoms with van der Waals surface area (Å²) in [4.78, 5) is 2.21. The Morgan fingerprint density at radius 1 is 1.04 bits per heavy atom. The first-order chi connectivity index (χ1) is 11.2. The number of aromatic nitrogens is 3. The van der Waals surface area contributed by atoms with Crippen molar-refractivity contribution < 1.29 is 4.39 Å². The lowest BCUT2D eigenvalue weighted by atomic mass is 10.2. The Morgan fingerprint density at radius 3 is 2.61 bits per heavy atom. The van der Waals surface area contributed by atoms with E-state index in [4.69, 9.17) is 0 Å². The van der Waals surface area contributed by atoms with Crippen LogP contribution in [0.3, 0.4) is 0 Å². The predicted molar refractivity (Wildman–Crippen MR) is 92.8 cm³/mol. The van der Waals surface area contributed by atoms with E-state index >= 15 is 0 Å². The average Bonchev–Trinajstić information content (AvgIpc) is 2.99. The van der Waals surface area contributed by atoms with Crippen LogP contribution in [0.1, 0.15) is 0 Å². The van der Waals surface area contributed by atoms with E-state index < -0.39 is 0 Å². The number of nitrogens with zero attached hydrogens (tertiary/aromatic N) is 4. The first-order valence-electron chi connectivity index (χ1n) is 7.04. The Balaban J connectivity index is 1.70. The second-order valence-corrected chi connectivity index (χ2v) is 6.97. The zero-order chi connectivity index (χ0) is 15.8. The number of benzene rings is 2. The van der Waals surface area contributed by atoms with Gasteiger partial charge in [-0.2, -0.15) is 0 Å². The van der Waals surface area contributed by atoms with Gasteiger partial charge in [-0.3, -0.25) is 4.57 Å². The van der Waals surface area contributed by atoms with Gasteiger partial charge in [-0.05, 0) is 36.4 Å². The number of fused-ring (bicyclic) bond motifs is 1. The fraction of sp³-hybridized carbons (Fsp3) is 0.125. The first-order valence-corrected chi connectivity index (χ1v) is 8.81. The van der Waals surface area contributed by atoms with Crippen molar-refractivity contribution in [1.29, 1.82) is 0 Å². The molecule has 0 radical (unpaired) electrons. The Morgan fingerprint density at radius 2 is 1.83 bits per heavy atom. The molecule has 3 aromatic rings. The summed E-state index contributed by atoms with van der Waals surface area (Å²) in [7, 11) is 0. The molecule has 116 valence electrons. The van der Waals surface area contributed by atoms with Gasteiger partial charge in [-0.15, -0.1) is 10.2 Å². The van der Waals surface area contributed by atoms with E-state index in [1.54, 1.807) is 23.9 Å². The summed E-state index contributed by atoms with van der Waals surface area (Å²) in [5.41, 5.74) is 1.59. The van der Waals surface area contributed by atoms with E-state index in [-0.39, 0.29) is 5.82 Å². The monoisotopic (exact) mass is 390 g/mol. The Labute approximate surface area is 145 Å². The van der Waals surface area contributed by atoms with Crippen molar-refractivity contribution in [3.8, 4) is 11.4 Å². The molecule has 1 aliphatic rings. The Kier molecular flexibility index (Phi) is 3.82. The summed E-state index contributed by atoms with van der Waals surface area (Å²) >= 11 is 5.05. The molecule has 0 N–H and O–H groups in total. The predicted octanol–water partition coefficient (Wildman–Crippen LogP) is 4.37. The molecule has 4 rings (SSSR count). The standard InChI is InChI=1S/C16H12BrFN4S/c17-11-5-7-12(8-6-11)21-9-22-15(19-20-16(22)23-10-21)13-3-1-2-4-14(13)18/h1-8H,9-10H2. The third-order valence-electron chi connectivity index (χ3n) is 3.68. The van der Waals surface area contributed by atoms with E-state index in [1.807, 2.05) is 22.8 Å². The lowest BCUT2D eigenvalue weighted by Gasteiger charge is -2.29. The molecule has 0 saturated heterocycles. The zero-order valence-electron chi connectivity index (χ0n) is 12.0. The third-order valence-corrected chi connectivity index (χ3v) is 5.21. The zero-order valence-corrected chi connectivity index (χ0v) is 14.4. The summed E-state index contributed by atoms with van der Waals surface area (Å²) < 4.78 is 17.1. The SMILES string of the molecule is Fc1ccccc1-c1nnc2n1CN(c1ccc(Br)cc1)CS2. The van der Waals surface area contributed by atoms with Crippen LogP contribution in [0, 0.1) is 5.82 Å². The second-order valence-electron chi connectivity index (χ2n) is 5.15. The van der Waals surface area contributed by atoms with E-state index in [2.05, 4.69) is 43.2 Å². The van der Waals surface area contributed by atoms with Crippen LogP contribution in [-0.2, 0) is 6.67 Å². The summed E-state index contributed by atoms with van der Waals surface area (Å²) in [6.07, 6.45) is 0. The van der Waals surface area contributed by atoms with Gasteiger partial charge in [-0.25, -0.2) is 4.39 Å². The molecule has 0 spiro atoms. The maximum absolute atomic E-state index is 14.1. The molecule has 1 aliphatic heterocycles. The number of halogens is 2. The number of hydrogen-bond donors (Lipinski definition) is 0. The van der Waals surface area contributed by atoms with Crippen molar-refractivity contribution >= 4 is 33.4 Å². The molecule has 2 aromatic carbocycles. The highest BCUT2D eigenvalue weighted by molar-refractivity contribution is 9.10. The molecule has 23 heavy (non-hydrogen) atoms. The van der Waals surface area contributed by atoms with Gasteiger partial charge in [0.1, 0.15) is 5.82 Å².